The quantitative estimate of drug-likeness (QED) is 0.816. The highest BCUT2D eigenvalue weighted by atomic mass is 19.1. The lowest BCUT2D eigenvalue weighted by atomic mass is 10.2. The lowest BCUT2D eigenvalue weighted by Gasteiger charge is -2.07. The van der Waals surface area contributed by atoms with Gasteiger partial charge >= 0.3 is 0 Å². The highest BCUT2D eigenvalue weighted by Gasteiger charge is 2.05. The summed E-state index contributed by atoms with van der Waals surface area (Å²) in [5, 5.41) is 2.54. The largest absolute Gasteiger partial charge is 0.494 e. The second-order valence-electron chi connectivity index (χ2n) is 4.29. The van der Waals surface area contributed by atoms with E-state index < -0.39 is 5.82 Å². The van der Waals surface area contributed by atoms with Crippen molar-refractivity contribution in [3.8, 4) is 5.75 Å². The van der Waals surface area contributed by atoms with Crippen molar-refractivity contribution >= 4 is 11.6 Å². The zero-order valence-corrected chi connectivity index (χ0v) is 11.0. The molecule has 1 amide bonds. The number of carbonyl (C=O) groups excluding carboxylic acids is 1. The third-order valence-electron chi connectivity index (χ3n) is 2.71. The number of nitrogens with one attached hydrogen (secondary N) is 1. The van der Waals surface area contributed by atoms with Gasteiger partial charge in [-0.2, -0.15) is 0 Å². The summed E-state index contributed by atoms with van der Waals surface area (Å²) < 4.78 is 18.8. The van der Waals surface area contributed by atoms with Crippen LogP contribution in [0.1, 0.15) is 12.8 Å². The molecule has 0 saturated carbocycles. The van der Waals surface area contributed by atoms with E-state index in [1.807, 2.05) is 30.3 Å². The molecule has 1 N–H and O–H groups in total. The summed E-state index contributed by atoms with van der Waals surface area (Å²) in [7, 11) is 0. The summed E-state index contributed by atoms with van der Waals surface area (Å²) in [4.78, 5) is 11.6. The third-order valence-corrected chi connectivity index (χ3v) is 2.71. The molecule has 0 saturated heterocycles. The molecular weight excluding hydrogens is 257 g/mol. The van der Waals surface area contributed by atoms with Crippen LogP contribution in [0.25, 0.3) is 0 Å². The first kappa shape index (κ1) is 14.1. The van der Waals surface area contributed by atoms with Gasteiger partial charge < -0.3 is 10.1 Å². The molecule has 4 heteroatoms. The molecule has 0 fully saturated rings. The van der Waals surface area contributed by atoms with Crippen LogP contribution in [0.15, 0.2) is 54.6 Å². The van der Waals surface area contributed by atoms with Gasteiger partial charge in [0.25, 0.3) is 0 Å². The Morgan fingerprint density at radius 1 is 1.05 bits per heavy atom. The minimum Gasteiger partial charge on any atom is -0.494 e. The average molecular weight is 273 g/mol. The molecule has 0 aliphatic carbocycles. The molecule has 0 unspecified atom stereocenters. The number of ether oxygens (including phenoxy) is 1. The number of rotatable bonds is 6. The lowest BCUT2D eigenvalue weighted by molar-refractivity contribution is -0.116. The van der Waals surface area contributed by atoms with Crippen molar-refractivity contribution in [3.63, 3.8) is 0 Å². The number of hydrogen-bond acceptors (Lipinski definition) is 2. The summed E-state index contributed by atoms with van der Waals surface area (Å²) in [6.45, 7) is 0.453. The van der Waals surface area contributed by atoms with Gasteiger partial charge in [-0.1, -0.05) is 30.3 Å². The Morgan fingerprint density at radius 2 is 1.75 bits per heavy atom. The van der Waals surface area contributed by atoms with Gasteiger partial charge in [0.15, 0.2) is 0 Å². The molecule has 0 aliphatic heterocycles. The SMILES string of the molecule is O=C(CCCOc1ccccc1)Nc1ccccc1F. The van der Waals surface area contributed by atoms with E-state index in [4.69, 9.17) is 4.74 Å². The van der Waals surface area contributed by atoms with Gasteiger partial charge in [0.1, 0.15) is 11.6 Å². The number of amides is 1. The van der Waals surface area contributed by atoms with E-state index in [1.54, 1.807) is 12.1 Å². The van der Waals surface area contributed by atoms with Crippen molar-refractivity contribution in [1.29, 1.82) is 0 Å². The van der Waals surface area contributed by atoms with Crippen molar-refractivity contribution in [2.45, 2.75) is 12.8 Å². The van der Waals surface area contributed by atoms with E-state index in [0.717, 1.165) is 5.75 Å². The van der Waals surface area contributed by atoms with E-state index in [9.17, 15) is 9.18 Å². The molecule has 0 atom stereocenters. The number of halogens is 1. The second-order valence-corrected chi connectivity index (χ2v) is 4.29. The van der Waals surface area contributed by atoms with Gasteiger partial charge in [-0.15, -0.1) is 0 Å². The van der Waals surface area contributed by atoms with Gasteiger partial charge in [0.2, 0.25) is 5.91 Å². The van der Waals surface area contributed by atoms with Crippen molar-refractivity contribution in [1.82, 2.24) is 0 Å². The molecule has 0 radical (unpaired) electrons. The number of hydrogen-bond donors (Lipinski definition) is 1. The number of carbonyl (C=O) groups is 1. The average Bonchev–Trinajstić information content (AvgIpc) is 2.47. The molecule has 3 nitrogen and oxygen atoms in total. The zero-order valence-electron chi connectivity index (χ0n) is 11.0. The third kappa shape index (κ3) is 4.39. The minimum absolute atomic E-state index is 0.210. The lowest BCUT2D eigenvalue weighted by Crippen LogP contribution is -2.13. The highest BCUT2D eigenvalue weighted by molar-refractivity contribution is 5.90. The van der Waals surface area contributed by atoms with Gasteiger partial charge in [0, 0.05) is 6.42 Å². The van der Waals surface area contributed by atoms with Crippen LogP contribution in [-0.2, 0) is 4.79 Å². The predicted octanol–water partition coefficient (Wildman–Crippen LogP) is 3.62. The van der Waals surface area contributed by atoms with Crippen molar-refractivity contribution in [2.24, 2.45) is 0 Å². The fourth-order valence-electron chi connectivity index (χ4n) is 1.71. The molecule has 2 aromatic rings. The molecule has 0 bridgehead atoms. The van der Waals surface area contributed by atoms with Crippen molar-refractivity contribution in [2.75, 3.05) is 11.9 Å². The Labute approximate surface area is 117 Å². The Kier molecular flexibility index (Phi) is 5.12. The Hall–Kier alpha value is -2.36. The van der Waals surface area contributed by atoms with Crippen LogP contribution in [0.4, 0.5) is 10.1 Å². The fraction of sp³-hybridized carbons (Fsp3) is 0.188. The molecule has 2 aromatic carbocycles. The highest BCUT2D eigenvalue weighted by Crippen LogP contribution is 2.13. The van der Waals surface area contributed by atoms with Crippen LogP contribution in [0.5, 0.6) is 5.75 Å². The van der Waals surface area contributed by atoms with Gasteiger partial charge in [-0.05, 0) is 30.7 Å². The smallest absolute Gasteiger partial charge is 0.224 e. The molecule has 104 valence electrons. The zero-order chi connectivity index (χ0) is 14.2. The molecule has 20 heavy (non-hydrogen) atoms. The van der Waals surface area contributed by atoms with Gasteiger partial charge in [-0.25, -0.2) is 4.39 Å². The first-order valence-electron chi connectivity index (χ1n) is 6.48. The maximum atomic E-state index is 13.3. The monoisotopic (exact) mass is 273 g/mol. The Balaban J connectivity index is 1.69. The van der Waals surface area contributed by atoms with Crippen LogP contribution in [0, 0.1) is 5.82 Å². The van der Waals surface area contributed by atoms with E-state index >= 15 is 0 Å². The van der Waals surface area contributed by atoms with Crippen molar-refractivity contribution in [3.05, 3.63) is 60.4 Å². The molecule has 0 aliphatic rings. The predicted molar refractivity (Wildman–Crippen MR) is 76.2 cm³/mol. The Bertz CT molecular complexity index is 557. The molecule has 0 aromatic heterocycles. The summed E-state index contributed by atoms with van der Waals surface area (Å²) in [6, 6.07) is 15.5. The molecule has 0 heterocycles. The Morgan fingerprint density at radius 3 is 2.50 bits per heavy atom. The maximum absolute atomic E-state index is 13.3. The van der Waals surface area contributed by atoms with E-state index in [-0.39, 0.29) is 11.6 Å². The summed E-state index contributed by atoms with van der Waals surface area (Å²) in [6.07, 6.45) is 0.871. The number of para-hydroxylation sites is 2. The van der Waals surface area contributed by atoms with E-state index in [2.05, 4.69) is 5.32 Å². The topological polar surface area (TPSA) is 38.3 Å². The van der Waals surface area contributed by atoms with Gasteiger partial charge in [-0.3, -0.25) is 4.79 Å². The van der Waals surface area contributed by atoms with Crippen LogP contribution < -0.4 is 10.1 Å². The molecule has 2 rings (SSSR count). The van der Waals surface area contributed by atoms with E-state index in [1.165, 1.54) is 12.1 Å². The summed E-state index contributed by atoms with van der Waals surface area (Å²) in [5.41, 5.74) is 0.210. The fourth-order valence-corrected chi connectivity index (χ4v) is 1.71. The minimum atomic E-state index is -0.429. The standard InChI is InChI=1S/C16H16FNO2/c17-14-9-4-5-10-15(14)18-16(19)11-6-12-20-13-7-2-1-3-8-13/h1-5,7-10H,6,11-12H2,(H,18,19). The van der Waals surface area contributed by atoms with E-state index in [0.29, 0.717) is 19.4 Å². The second kappa shape index (κ2) is 7.28. The van der Waals surface area contributed by atoms with Crippen molar-refractivity contribution < 1.29 is 13.9 Å². The summed E-state index contributed by atoms with van der Waals surface area (Å²) >= 11 is 0. The van der Waals surface area contributed by atoms with Crippen LogP contribution in [0.2, 0.25) is 0 Å². The van der Waals surface area contributed by atoms with Crippen LogP contribution >= 0.6 is 0 Å². The number of anilines is 1. The normalized spacial score (nSPS) is 10.1. The molecular formula is C16H16FNO2. The molecule has 0 spiro atoms. The van der Waals surface area contributed by atoms with Crippen LogP contribution in [-0.4, -0.2) is 12.5 Å². The summed E-state index contributed by atoms with van der Waals surface area (Å²) in [5.74, 6) is 0.134. The number of benzene rings is 2. The maximum Gasteiger partial charge on any atom is 0.224 e. The first-order chi connectivity index (χ1) is 9.75. The van der Waals surface area contributed by atoms with Crippen LogP contribution in [0.3, 0.4) is 0 Å². The first-order valence-corrected chi connectivity index (χ1v) is 6.48. The van der Waals surface area contributed by atoms with Gasteiger partial charge in [0.05, 0.1) is 12.3 Å².